The smallest absolute Gasteiger partial charge is 0.487 e. The van der Waals surface area contributed by atoms with Crippen LogP contribution in [0.15, 0.2) is 48.7 Å². The number of carbonyl (C=O) groups is 1. The number of benzene rings is 2. The second-order valence-corrected chi connectivity index (χ2v) is 9.63. The predicted molar refractivity (Wildman–Crippen MR) is 132 cm³/mol. The fraction of sp³-hybridized carbons (Fsp3) is 0.370. The average molecular weight is 547 g/mol. The van der Waals surface area contributed by atoms with E-state index in [1.807, 2.05) is 0 Å². The quantitative estimate of drug-likeness (QED) is 0.281. The minimum atomic E-state index is -4.81. The summed E-state index contributed by atoms with van der Waals surface area (Å²) in [5.74, 6) is -2.39. The van der Waals surface area contributed by atoms with Crippen molar-refractivity contribution < 1.29 is 36.9 Å². The largest absolute Gasteiger partial charge is 0.573 e. The maximum absolute atomic E-state index is 15.3. The van der Waals surface area contributed by atoms with Crippen LogP contribution in [0, 0.1) is 11.7 Å². The average Bonchev–Trinajstić information content (AvgIpc) is 3.46. The number of carboxylic acids is 1. The number of aromatic nitrogens is 4. The molecular formula is C27H26F4N4O4. The number of aliphatic carboxylic acids is 1. The molecule has 5 rings (SSSR count). The van der Waals surface area contributed by atoms with Gasteiger partial charge in [0, 0.05) is 37.8 Å². The molecule has 0 bridgehead atoms. The summed E-state index contributed by atoms with van der Waals surface area (Å²) in [5.41, 5.74) is 1.72. The Morgan fingerprint density at radius 2 is 1.85 bits per heavy atom. The van der Waals surface area contributed by atoms with Crippen molar-refractivity contribution in [2.24, 2.45) is 13.0 Å². The fourth-order valence-corrected chi connectivity index (χ4v) is 5.12. The summed E-state index contributed by atoms with van der Waals surface area (Å²) >= 11 is 0. The minimum Gasteiger partial charge on any atom is -0.487 e. The first kappa shape index (κ1) is 26.5. The molecule has 0 amide bonds. The zero-order chi connectivity index (χ0) is 27.7. The molecule has 1 N–H and O–H groups in total. The van der Waals surface area contributed by atoms with Crippen molar-refractivity contribution in [1.29, 1.82) is 0 Å². The first-order chi connectivity index (χ1) is 18.6. The van der Waals surface area contributed by atoms with E-state index in [1.54, 1.807) is 34.6 Å². The summed E-state index contributed by atoms with van der Waals surface area (Å²) in [5, 5.41) is 14.1. The number of ether oxygens (including phenoxy) is 2. The highest BCUT2D eigenvalue weighted by Crippen LogP contribution is 2.40. The third-order valence-corrected chi connectivity index (χ3v) is 6.88. The number of aryl methyl sites for hydroxylation is 1. The van der Waals surface area contributed by atoms with E-state index in [0.29, 0.717) is 35.4 Å². The SMILES string of the molecule is Cn1ccc(COc2cc(F)c3nc([C@H]4CCCC[C@H]4C(=O)O)n(Cc4ccc(OC(F)(F)F)cc4)c3c2)n1. The van der Waals surface area contributed by atoms with Crippen LogP contribution >= 0.6 is 0 Å². The Kier molecular flexibility index (Phi) is 7.19. The Morgan fingerprint density at radius 1 is 1.10 bits per heavy atom. The molecule has 4 aromatic rings. The van der Waals surface area contributed by atoms with Crippen LogP contribution in [-0.2, 0) is 25.0 Å². The molecule has 0 radical (unpaired) electrons. The van der Waals surface area contributed by atoms with Gasteiger partial charge in [0.15, 0.2) is 5.82 Å². The van der Waals surface area contributed by atoms with Gasteiger partial charge in [0.25, 0.3) is 0 Å². The molecule has 1 fully saturated rings. The Morgan fingerprint density at radius 3 is 2.51 bits per heavy atom. The Bertz CT molecular complexity index is 1480. The molecule has 1 aliphatic carbocycles. The van der Waals surface area contributed by atoms with E-state index in [1.165, 1.54) is 30.3 Å². The van der Waals surface area contributed by atoms with Gasteiger partial charge in [-0.2, -0.15) is 5.10 Å². The van der Waals surface area contributed by atoms with E-state index in [9.17, 15) is 23.1 Å². The van der Waals surface area contributed by atoms with Crippen LogP contribution in [0.2, 0.25) is 0 Å². The van der Waals surface area contributed by atoms with E-state index < -0.39 is 30.0 Å². The van der Waals surface area contributed by atoms with Crippen molar-refractivity contribution in [1.82, 2.24) is 19.3 Å². The van der Waals surface area contributed by atoms with E-state index in [-0.39, 0.29) is 30.2 Å². The summed E-state index contributed by atoms with van der Waals surface area (Å²) < 4.78 is 66.2. The Hall–Kier alpha value is -4.09. The van der Waals surface area contributed by atoms with Gasteiger partial charge >= 0.3 is 12.3 Å². The monoisotopic (exact) mass is 546 g/mol. The van der Waals surface area contributed by atoms with Crippen LogP contribution in [0.1, 0.15) is 48.7 Å². The predicted octanol–water partition coefficient (Wildman–Crippen LogP) is 5.79. The van der Waals surface area contributed by atoms with Crippen molar-refractivity contribution in [3.05, 3.63) is 71.6 Å². The highest BCUT2D eigenvalue weighted by atomic mass is 19.4. The molecule has 0 saturated heterocycles. The van der Waals surface area contributed by atoms with Gasteiger partial charge in [-0.05, 0) is 36.6 Å². The Labute approximate surface area is 220 Å². The van der Waals surface area contributed by atoms with E-state index >= 15 is 4.39 Å². The third-order valence-electron chi connectivity index (χ3n) is 6.88. The third kappa shape index (κ3) is 5.99. The van der Waals surface area contributed by atoms with Crippen LogP contribution < -0.4 is 9.47 Å². The molecule has 2 aromatic carbocycles. The molecule has 39 heavy (non-hydrogen) atoms. The summed E-state index contributed by atoms with van der Waals surface area (Å²) in [4.78, 5) is 16.6. The number of imidazole rings is 1. The molecule has 0 unspecified atom stereocenters. The lowest BCUT2D eigenvalue weighted by molar-refractivity contribution is -0.274. The molecule has 8 nitrogen and oxygen atoms in total. The standard InChI is InChI=1S/C27H26F4N4O4/c1-34-11-10-17(33-34)15-38-19-12-22(28)24-23(13-19)35(14-16-6-8-18(9-7-16)39-27(29,30)31)25(32-24)20-4-2-3-5-21(20)26(36)37/h6-13,20-21H,2-5,14-15H2,1H3,(H,36,37)/t20-,21+/m0/s1. The van der Waals surface area contributed by atoms with Gasteiger partial charge in [-0.3, -0.25) is 9.48 Å². The van der Waals surface area contributed by atoms with Crippen LogP contribution in [0.4, 0.5) is 17.6 Å². The van der Waals surface area contributed by atoms with Crippen molar-refractivity contribution in [2.45, 2.75) is 51.1 Å². The van der Waals surface area contributed by atoms with Crippen LogP contribution in [0.5, 0.6) is 11.5 Å². The van der Waals surface area contributed by atoms with E-state index in [4.69, 9.17) is 4.74 Å². The minimum absolute atomic E-state index is 0.0712. The summed E-state index contributed by atoms with van der Waals surface area (Å²) in [7, 11) is 1.77. The number of alkyl halides is 3. The van der Waals surface area contributed by atoms with Crippen molar-refractivity contribution in [2.75, 3.05) is 0 Å². The lowest BCUT2D eigenvalue weighted by Gasteiger charge is -2.28. The lowest BCUT2D eigenvalue weighted by atomic mass is 9.78. The van der Waals surface area contributed by atoms with Crippen LogP contribution in [0.25, 0.3) is 11.0 Å². The highest BCUT2D eigenvalue weighted by Gasteiger charge is 2.36. The van der Waals surface area contributed by atoms with Crippen molar-refractivity contribution in [3.8, 4) is 11.5 Å². The molecule has 12 heteroatoms. The van der Waals surface area contributed by atoms with Gasteiger partial charge in [0.05, 0.1) is 17.1 Å². The van der Waals surface area contributed by atoms with Crippen molar-refractivity contribution >= 4 is 17.0 Å². The first-order valence-electron chi connectivity index (χ1n) is 12.5. The molecule has 0 aliphatic heterocycles. The number of hydrogen-bond donors (Lipinski definition) is 1. The maximum Gasteiger partial charge on any atom is 0.573 e. The maximum atomic E-state index is 15.3. The number of halogens is 4. The number of carboxylic acid groups (broad SMARTS) is 1. The molecule has 206 valence electrons. The zero-order valence-corrected chi connectivity index (χ0v) is 21.0. The molecule has 2 aromatic heterocycles. The summed E-state index contributed by atoms with van der Waals surface area (Å²) in [6, 6.07) is 9.99. The molecule has 0 spiro atoms. The second kappa shape index (κ2) is 10.6. The first-order valence-corrected chi connectivity index (χ1v) is 12.5. The van der Waals surface area contributed by atoms with Gasteiger partial charge in [0.2, 0.25) is 0 Å². The second-order valence-electron chi connectivity index (χ2n) is 9.63. The van der Waals surface area contributed by atoms with Gasteiger partial charge in [-0.15, -0.1) is 13.2 Å². The summed E-state index contributed by atoms with van der Waals surface area (Å²) in [6.45, 7) is 0.237. The van der Waals surface area contributed by atoms with E-state index in [2.05, 4.69) is 14.8 Å². The van der Waals surface area contributed by atoms with E-state index in [0.717, 1.165) is 12.8 Å². The number of fused-ring (bicyclic) bond motifs is 1. The van der Waals surface area contributed by atoms with Crippen molar-refractivity contribution in [3.63, 3.8) is 0 Å². The normalized spacial score (nSPS) is 17.9. The lowest BCUT2D eigenvalue weighted by Crippen LogP contribution is -2.27. The van der Waals surface area contributed by atoms with Crippen LogP contribution in [-0.4, -0.2) is 36.8 Å². The van der Waals surface area contributed by atoms with Gasteiger partial charge < -0.3 is 19.1 Å². The number of hydrogen-bond acceptors (Lipinski definition) is 5. The molecule has 1 saturated carbocycles. The van der Waals surface area contributed by atoms with Gasteiger partial charge in [0.1, 0.15) is 29.4 Å². The van der Waals surface area contributed by atoms with Crippen LogP contribution in [0.3, 0.4) is 0 Å². The highest BCUT2D eigenvalue weighted by molar-refractivity contribution is 5.79. The topological polar surface area (TPSA) is 91.4 Å². The zero-order valence-electron chi connectivity index (χ0n) is 21.0. The number of rotatable bonds is 8. The summed E-state index contributed by atoms with van der Waals surface area (Å²) in [6.07, 6.45) is -0.420. The van der Waals surface area contributed by atoms with Gasteiger partial charge in [-0.1, -0.05) is 25.0 Å². The van der Waals surface area contributed by atoms with Gasteiger partial charge in [-0.25, -0.2) is 9.37 Å². The molecule has 2 heterocycles. The Balaban J connectivity index is 1.54. The molecule has 2 atom stereocenters. The molecule has 1 aliphatic rings. The number of nitrogens with zero attached hydrogens (tertiary/aromatic N) is 4. The fourth-order valence-electron chi connectivity index (χ4n) is 5.12. The molecular weight excluding hydrogens is 520 g/mol.